The number of hydrogen-bond acceptors (Lipinski definition) is 4. The van der Waals surface area contributed by atoms with E-state index >= 15 is 0 Å². The van der Waals surface area contributed by atoms with Crippen LogP contribution in [-0.2, 0) is 4.79 Å². The maximum absolute atomic E-state index is 12.8. The average molecular weight is 489 g/mol. The maximum atomic E-state index is 12.8. The Morgan fingerprint density at radius 3 is 2.11 bits per heavy atom. The van der Waals surface area contributed by atoms with Gasteiger partial charge in [-0.1, -0.05) is 60.1 Å². The van der Waals surface area contributed by atoms with Crippen LogP contribution < -0.4 is 0 Å². The largest absolute Gasteiger partial charge is 0.481 e. The van der Waals surface area contributed by atoms with E-state index in [4.69, 9.17) is 0 Å². The van der Waals surface area contributed by atoms with Gasteiger partial charge in [0.2, 0.25) is 0 Å². The van der Waals surface area contributed by atoms with Crippen LogP contribution >= 0.6 is 0 Å². The van der Waals surface area contributed by atoms with Crippen LogP contribution in [0.4, 0.5) is 0 Å². The Bertz CT molecular complexity index is 952. The first-order valence-corrected chi connectivity index (χ1v) is 14.0. The third kappa shape index (κ3) is 2.95. The molecule has 4 saturated carbocycles. The third-order valence-corrected chi connectivity index (χ3v) is 13.2. The minimum absolute atomic E-state index is 0.0492. The topological polar surface area (TPSA) is 98.0 Å². The van der Waals surface area contributed by atoms with Crippen LogP contribution in [0, 0.1) is 50.2 Å². The van der Waals surface area contributed by atoms with Gasteiger partial charge < -0.3 is 20.4 Å². The third-order valence-electron chi connectivity index (χ3n) is 13.2. The normalized spacial score (nSPS) is 54.4. The van der Waals surface area contributed by atoms with Crippen LogP contribution in [0.2, 0.25) is 0 Å². The van der Waals surface area contributed by atoms with E-state index in [9.17, 15) is 25.2 Å². The lowest BCUT2D eigenvalue weighted by Gasteiger charge is -2.71. The highest BCUT2D eigenvalue weighted by atomic mass is 16.4. The molecule has 4 N–H and O–H groups in total. The molecule has 0 spiro atoms. The predicted octanol–water partition coefficient (Wildman–Crippen LogP) is 5.18. The van der Waals surface area contributed by atoms with Gasteiger partial charge in [-0.15, -0.1) is 0 Å². The molecular weight excluding hydrogens is 440 g/mol. The van der Waals surface area contributed by atoms with Gasteiger partial charge in [0.25, 0.3) is 0 Å². The number of aliphatic hydroxyl groups excluding tert-OH is 3. The Balaban J connectivity index is 1.63. The summed E-state index contributed by atoms with van der Waals surface area (Å²) in [5.74, 6) is -0.420. The average Bonchev–Trinajstić information content (AvgIpc) is 2.75. The summed E-state index contributed by atoms with van der Waals surface area (Å²) in [5.41, 5.74) is -0.684. The molecule has 0 radical (unpaired) electrons. The zero-order chi connectivity index (χ0) is 26.0. The van der Waals surface area contributed by atoms with Gasteiger partial charge in [-0.2, -0.15) is 0 Å². The second-order valence-corrected chi connectivity index (χ2v) is 15.2. The smallest absolute Gasteiger partial charge is 0.310 e. The highest BCUT2D eigenvalue weighted by molar-refractivity contribution is 5.77. The summed E-state index contributed by atoms with van der Waals surface area (Å²) in [4.78, 5) is 12.8. The number of aliphatic hydroxyl groups is 3. The molecule has 5 aliphatic carbocycles. The van der Waals surface area contributed by atoms with Crippen LogP contribution in [-0.4, -0.2) is 44.7 Å². The molecule has 0 aromatic heterocycles. The van der Waals surface area contributed by atoms with Crippen molar-refractivity contribution in [1.82, 2.24) is 0 Å². The van der Waals surface area contributed by atoms with Gasteiger partial charge in [0.15, 0.2) is 0 Å². The van der Waals surface area contributed by atoms with Crippen molar-refractivity contribution in [1.29, 1.82) is 0 Å². The van der Waals surface area contributed by atoms with Gasteiger partial charge in [0, 0.05) is 5.92 Å². The molecule has 0 aromatic rings. The molecular formula is C30H48O5. The monoisotopic (exact) mass is 488 g/mol. The molecule has 198 valence electrons. The molecule has 0 aliphatic heterocycles. The number of carbonyl (C=O) groups is 1. The molecule has 6 unspecified atom stereocenters. The van der Waals surface area contributed by atoms with Crippen molar-refractivity contribution in [2.24, 2.45) is 50.2 Å². The Hall–Kier alpha value is -0.910. The zero-order valence-corrected chi connectivity index (χ0v) is 22.9. The molecule has 5 aliphatic rings. The molecule has 0 aromatic carbocycles. The fourth-order valence-corrected chi connectivity index (χ4v) is 10.7. The molecule has 0 saturated heterocycles. The lowest BCUT2D eigenvalue weighted by atomic mass is 9.33. The van der Waals surface area contributed by atoms with E-state index in [1.165, 1.54) is 5.57 Å². The van der Waals surface area contributed by atoms with Crippen molar-refractivity contribution < 1.29 is 25.2 Å². The maximum Gasteiger partial charge on any atom is 0.310 e. The standard InChI is InChI=1S/C30H48O5/c1-25(2)12-14-30(24(34)35)15-13-28(6)17(21(30)23(25)33)8-9-20-27(5)16-18(31)22(32)26(3,4)19(27)10-11-29(20,28)7/h8,18-23,31-33H,9-16H2,1-7H3,(H,34,35)/t18?,19?,20?,21?,22?,23?,27-,28+,29+,30-/m0/s1. The van der Waals surface area contributed by atoms with E-state index in [2.05, 4.69) is 54.5 Å². The zero-order valence-electron chi connectivity index (χ0n) is 22.9. The van der Waals surface area contributed by atoms with Crippen LogP contribution in [0.5, 0.6) is 0 Å². The second-order valence-electron chi connectivity index (χ2n) is 15.2. The minimum Gasteiger partial charge on any atom is -0.481 e. The highest BCUT2D eigenvalue weighted by Crippen LogP contribution is 2.75. The van der Waals surface area contributed by atoms with Crippen LogP contribution in [0.1, 0.15) is 99.8 Å². The summed E-state index contributed by atoms with van der Waals surface area (Å²) in [6.07, 6.45) is 6.54. The lowest BCUT2D eigenvalue weighted by Crippen LogP contribution is -2.68. The summed E-state index contributed by atoms with van der Waals surface area (Å²) in [6.45, 7) is 15.6. The number of carboxylic acid groups (broad SMARTS) is 1. The van der Waals surface area contributed by atoms with Crippen molar-refractivity contribution in [3.63, 3.8) is 0 Å². The molecule has 5 heteroatoms. The Morgan fingerprint density at radius 2 is 1.49 bits per heavy atom. The van der Waals surface area contributed by atoms with E-state index in [1.54, 1.807) is 0 Å². The number of aliphatic carboxylic acids is 1. The number of rotatable bonds is 1. The van der Waals surface area contributed by atoms with E-state index in [0.29, 0.717) is 31.1 Å². The molecule has 4 fully saturated rings. The van der Waals surface area contributed by atoms with Crippen LogP contribution in [0.3, 0.4) is 0 Å². The first-order valence-electron chi connectivity index (χ1n) is 14.0. The van der Waals surface area contributed by atoms with Gasteiger partial charge in [-0.3, -0.25) is 4.79 Å². The van der Waals surface area contributed by atoms with Crippen molar-refractivity contribution in [3.05, 3.63) is 11.6 Å². The van der Waals surface area contributed by atoms with Crippen molar-refractivity contribution in [2.45, 2.75) is 118 Å². The lowest BCUT2D eigenvalue weighted by molar-refractivity contribution is -0.234. The minimum atomic E-state index is -0.877. The molecule has 0 heterocycles. The summed E-state index contributed by atoms with van der Waals surface area (Å²) in [6, 6.07) is 0. The quantitative estimate of drug-likeness (QED) is 0.382. The van der Waals surface area contributed by atoms with Crippen molar-refractivity contribution in [2.75, 3.05) is 0 Å². The number of fused-ring (bicyclic) bond motifs is 7. The summed E-state index contributed by atoms with van der Waals surface area (Å²) in [5, 5.41) is 44.1. The molecule has 5 nitrogen and oxygen atoms in total. The number of allylic oxidation sites excluding steroid dienone is 1. The van der Waals surface area contributed by atoms with Crippen LogP contribution in [0.15, 0.2) is 11.6 Å². The van der Waals surface area contributed by atoms with Gasteiger partial charge in [-0.05, 0) is 90.3 Å². The molecule has 5 rings (SSSR count). The van der Waals surface area contributed by atoms with Gasteiger partial charge >= 0.3 is 5.97 Å². The SMILES string of the molecule is CC1(C)CC[C@]2(C(=O)O)CC[C@]3(C)C(=CCC4[C@@]5(C)CC(O)C(O)C(C)(C)C5CC[C@]43C)C2C1O. The fraction of sp³-hybridized carbons (Fsp3) is 0.900. The first-order chi connectivity index (χ1) is 16.0. The van der Waals surface area contributed by atoms with Gasteiger partial charge in [0.05, 0.1) is 23.7 Å². The summed E-state index contributed by atoms with van der Waals surface area (Å²) in [7, 11) is 0. The fourth-order valence-electron chi connectivity index (χ4n) is 10.7. The summed E-state index contributed by atoms with van der Waals surface area (Å²) < 4.78 is 0. The van der Waals surface area contributed by atoms with Crippen molar-refractivity contribution >= 4 is 5.97 Å². The molecule has 35 heavy (non-hydrogen) atoms. The number of carboxylic acids is 1. The second kappa shape index (κ2) is 7.35. The number of hydrogen-bond donors (Lipinski definition) is 4. The Labute approximate surface area is 211 Å². The molecule has 10 atom stereocenters. The highest BCUT2D eigenvalue weighted by Gasteiger charge is 2.71. The van der Waals surface area contributed by atoms with Crippen molar-refractivity contribution in [3.8, 4) is 0 Å². The van der Waals surface area contributed by atoms with Gasteiger partial charge in [-0.25, -0.2) is 0 Å². The first kappa shape index (κ1) is 25.7. The van der Waals surface area contributed by atoms with Gasteiger partial charge in [0.1, 0.15) is 0 Å². The van der Waals surface area contributed by atoms with Crippen LogP contribution in [0.25, 0.3) is 0 Å². The molecule has 0 bridgehead atoms. The van der Waals surface area contributed by atoms with E-state index in [-0.39, 0.29) is 33.0 Å². The Kier molecular flexibility index (Phi) is 5.40. The summed E-state index contributed by atoms with van der Waals surface area (Å²) >= 11 is 0. The van der Waals surface area contributed by atoms with E-state index in [1.807, 2.05) is 0 Å². The van der Waals surface area contributed by atoms with E-state index < -0.39 is 29.7 Å². The van der Waals surface area contributed by atoms with E-state index in [0.717, 1.165) is 32.1 Å². The predicted molar refractivity (Wildman–Crippen MR) is 135 cm³/mol. The Morgan fingerprint density at radius 1 is 0.857 bits per heavy atom. The molecule has 0 amide bonds.